The Morgan fingerprint density at radius 1 is 1.10 bits per heavy atom. The molecule has 5 nitrogen and oxygen atoms in total. The highest BCUT2D eigenvalue weighted by molar-refractivity contribution is 6.31. The molecular weight excluding hydrogens is 421 g/mol. The summed E-state index contributed by atoms with van der Waals surface area (Å²) >= 11 is 12.3. The molecule has 0 fully saturated rings. The number of hydrogen-bond acceptors (Lipinski definition) is 4. The third kappa shape index (κ3) is 4.86. The van der Waals surface area contributed by atoms with Crippen LogP contribution >= 0.6 is 23.2 Å². The van der Waals surface area contributed by atoms with Gasteiger partial charge in [0.1, 0.15) is 17.2 Å². The third-order valence-corrected chi connectivity index (χ3v) is 5.88. The Bertz CT molecular complexity index is 976. The van der Waals surface area contributed by atoms with Gasteiger partial charge in [0.05, 0.1) is 11.3 Å². The molecular formula is C23H23Cl2N3O2. The predicted molar refractivity (Wildman–Crippen MR) is 120 cm³/mol. The van der Waals surface area contributed by atoms with E-state index in [9.17, 15) is 4.79 Å². The van der Waals surface area contributed by atoms with Crippen LogP contribution in [0.3, 0.4) is 0 Å². The first-order valence-electron chi connectivity index (χ1n) is 10.1. The number of carbonyl (C=O) groups excluding carboxylic acids is 1. The van der Waals surface area contributed by atoms with Crippen LogP contribution in [-0.4, -0.2) is 46.9 Å². The van der Waals surface area contributed by atoms with E-state index in [1.807, 2.05) is 18.3 Å². The summed E-state index contributed by atoms with van der Waals surface area (Å²) in [5.41, 5.74) is 2.86. The van der Waals surface area contributed by atoms with Crippen molar-refractivity contribution in [1.82, 2.24) is 14.8 Å². The topological polar surface area (TPSA) is 45.7 Å². The fraction of sp³-hybridized carbons (Fsp3) is 0.304. The maximum atomic E-state index is 12.9. The number of ether oxygens (including phenoxy) is 1. The first kappa shape index (κ1) is 20.9. The van der Waals surface area contributed by atoms with E-state index >= 15 is 0 Å². The van der Waals surface area contributed by atoms with Crippen molar-refractivity contribution >= 4 is 34.7 Å². The predicted octanol–water partition coefficient (Wildman–Crippen LogP) is 5.18. The van der Waals surface area contributed by atoms with Gasteiger partial charge in [-0.3, -0.25) is 19.6 Å². The Kier molecular flexibility index (Phi) is 6.72. The van der Waals surface area contributed by atoms with Crippen LogP contribution in [0.15, 0.2) is 60.1 Å². The Balaban J connectivity index is 1.28. The molecule has 0 saturated heterocycles. The molecule has 0 atom stereocenters. The first-order chi connectivity index (χ1) is 14.6. The largest absolute Gasteiger partial charge is 0.461 e. The molecule has 0 bridgehead atoms. The van der Waals surface area contributed by atoms with E-state index in [4.69, 9.17) is 27.9 Å². The monoisotopic (exact) mass is 443 g/mol. The summed E-state index contributed by atoms with van der Waals surface area (Å²) in [6.45, 7) is 3.48. The minimum atomic E-state index is -0.165. The van der Waals surface area contributed by atoms with Crippen LogP contribution in [0.25, 0.3) is 5.57 Å². The summed E-state index contributed by atoms with van der Waals surface area (Å²) in [4.78, 5) is 21.3. The molecule has 2 aromatic rings. The van der Waals surface area contributed by atoms with E-state index in [2.05, 4.69) is 22.0 Å². The number of hydrogen-bond donors (Lipinski definition) is 0. The van der Waals surface area contributed by atoms with Crippen LogP contribution in [0.5, 0.6) is 5.75 Å². The molecule has 2 aliphatic heterocycles. The van der Waals surface area contributed by atoms with E-state index in [1.165, 1.54) is 11.8 Å². The highest BCUT2D eigenvalue weighted by atomic mass is 35.5. The molecule has 1 aromatic carbocycles. The van der Waals surface area contributed by atoms with Crippen LogP contribution in [0, 0.1) is 0 Å². The number of unbranched alkanes of at least 4 members (excludes halogenated alkanes) is 1. The molecule has 1 aromatic heterocycles. The summed E-state index contributed by atoms with van der Waals surface area (Å²) in [6, 6.07) is 11.0. The summed E-state index contributed by atoms with van der Waals surface area (Å²) in [7, 11) is 0. The molecule has 0 unspecified atom stereocenters. The fourth-order valence-electron chi connectivity index (χ4n) is 3.70. The highest BCUT2D eigenvalue weighted by Gasteiger charge is 2.25. The van der Waals surface area contributed by atoms with Gasteiger partial charge in [0, 0.05) is 36.9 Å². The van der Waals surface area contributed by atoms with Gasteiger partial charge in [-0.1, -0.05) is 35.3 Å². The smallest absolute Gasteiger partial charge is 0.262 e. The normalized spacial score (nSPS) is 17.0. The lowest BCUT2D eigenvalue weighted by Gasteiger charge is -2.26. The van der Waals surface area contributed by atoms with Gasteiger partial charge in [0.25, 0.3) is 5.91 Å². The summed E-state index contributed by atoms with van der Waals surface area (Å²) in [5, 5.41) is 0.800. The molecule has 30 heavy (non-hydrogen) atoms. The molecule has 0 aliphatic carbocycles. The second-order valence-corrected chi connectivity index (χ2v) is 8.18. The van der Waals surface area contributed by atoms with Gasteiger partial charge < -0.3 is 4.74 Å². The quantitative estimate of drug-likeness (QED) is 0.455. The van der Waals surface area contributed by atoms with Gasteiger partial charge in [-0.15, -0.1) is 0 Å². The van der Waals surface area contributed by atoms with E-state index in [0.717, 1.165) is 44.6 Å². The second-order valence-electron chi connectivity index (χ2n) is 7.36. The Hall–Kier alpha value is -2.34. The molecule has 156 valence electrons. The van der Waals surface area contributed by atoms with Crippen LogP contribution in [-0.2, 0) is 0 Å². The van der Waals surface area contributed by atoms with E-state index in [-0.39, 0.29) is 11.1 Å². The molecule has 2 aliphatic rings. The van der Waals surface area contributed by atoms with Crippen molar-refractivity contribution in [3.63, 3.8) is 0 Å². The van der Waals surface area contributed by atoms with Crippen LogP contribution in [0.2, 0.25) is 5.02 Å². The van der Waals surface area contributed by atoms with Gasteiger partial charge in [-0.05, 0) is 55.6 Å². The zero-order valence-electron chi connectivity index (χ0n) is 16.6. The van der Waals surface area contributed by atoms with Crippen molar-refractivity contribution in [1.29, 1.82) is 0 Å². The zero-order valence-corrected chi connectivity index (χ0v) is 18.1. The molecule has 3 heterocycles. The minimum absolute atomic E-state index is 0.165. The van der Waals surface area contributed by atoms with Gasteiger partial charge in [0.15, 0.2) is 0 Å². The number of benzene rings is 1. The molecule has 1 amide bonds. The number of fused-ring (bicyclic) bond motifs is 1. The van der Waals surface area contributed by atoms with E-state index in [1.54, 1.807) is 23.1 Å². The van der Waals surface area contributed by atoms with Gasteiger partial charge in [0.2, 0.25) is 0 Å². The number of aromatic nitrogens is 1. The fourth-order valence-corrected chi connectivity index (χ4v) is 4.07. The summed E-state index contributed by atoms with van der Waals surface area (Å²) in [6.07, 6.45) is 8.34. The van der Waals surface area contributed by atoms with Crippen molar-refractivity contribution in [3.05, 3.63) is 76.4 Å². The number of carbonyl (C=O) groups is 1. The van der Waals surface area contributed by atoms with Crippen LogP contribution in [0.4, 0.5) is 0 Å². The van der Waals surface area contributed by atoms with Gasteiger partial charge in [-0.25, -0.2) is 0 Å². The van der Waals surface area contributed by atoms with Crippen molar-refractivity contribution < 1.29 is 9.53 Å². The third-order valence-electron chi connectivity index (χ3n) is 5.35. The maximum absolute atomic E-state index is 12.9. The van der Waals surface area contributed by atoms with Crippen molar-refractivity contribution in [2.45, 2.75) is 19.3 Å². The van der Waals surface area contributed by atoms with Crippen LogP contribution in [0.1, 0.15) is 35.3 Å². The Labute approximate surface area is 186 Å². The zero-order chi connectivity index (χ0) is 20.9. The Morgan fingerprint density at radius 2 is 1.97 bits per heavy atom. The van der Waals surface area contributed by atoms with Gasteiger partial charge in [-0.2, -0.15) is 0 Å². The number of pyridine rings is 1. The first-order valence-corrected chi connectivity index (χ1v) is 10.8. The number of rotatable bonds is 6. The highest BCUT2D eigenvalue weighted by Crippen LogP contribution is 2.30. The van der Waals surface area contributed by atoms with Crippen molar-refractivity contribution in [2.75, 3.05) is 26.2 Å². The lowest BCUT2D eigenvalue weighted by atomic mass is 10.0. The molecule has 0 spiro atoms. The standard InChI is InChI=1S/C23H23Cl2N3O2/c24-18-6-7-19-21(15-18)30-16-22(25)28(23(19)29)12-4-3-11-27-13-8-17(9-14-27)20-5-1-2-10-26-20/h1-2,5-8,10,15-16H,3-4,9,11-14H2. The summed E-state index contributed by atoms with van der Waals surface area (Å²) < 4.78 is 5.53. The SMILES string of the molecule is O=C1c2ccc(Cl)cc2OC=C(Cl)N1CCCCN1CC=C(c2ccccn2)CC1. The van der Waals surface area contributed by atoms with Crippen LogP contribution < -0.4 is 4.74 Å². The van der Waals surface area contributed by atoms with Gasteiger partial charge >= 0.3 is 0 Å². The van der Waals surface area contributed by atoms with Crippen molar-refractivity contribution in [3.8, 4) is 5.75 Å². The van der Waals surface area contributed by atoms with Crippen molar-refractivity contribution in [2.24, 2.45) is 0 Å². The molecule has 4 rings (SSSR count). The lowest BCUT2D eigenvalue weighted by molar-refractivity contribution is 0.0814. The average molecular weight is 444 g/mol. The molecule has 0 saturated carbocycles. The number of amides is 1. The maximum Gasteiger partial charge on any atom is 0.262 e. The number of halogens is 2. The van der Waals surface area contributed by atoms with E-state index < -0.39 is 0 Å². The second kappa shape index (κ2) is 9.65. The Morgan fingerprint density at radius 3 is 2.73 bits per heavy atom. The number of nitrogens with zero attached hydrogens (tertiary/aromatic N) is 3. The minimum Gasteiger partial charge on any atom is -0.461 e. The van der Waals surface area contributed by atoms with E-state index in [0.29, 0.717) is 22.9 Å². The molecule has 7 heteroatoms. The average Bonchev–Trinajstić information content (AvgIpc) is 2.89. The molecule has 0 radical (unpaired) electrons. The summed E-state index contributed by atoms with van der Waals surface area (Å²) in [5.74, 6) is 0.262. The lowest BCUT2D eigenvalue weighted by Crippen LogP contribution is -2.31. The molecule has 0 N–H and O–H groups in total.